The quantitative estimate of drug-likeness (QED) is 0.0233. The number of phosphoric ester groups is 1. The van der Waals surface area contributed by atoms with Crippen molar-refractivity contribution >= 4 is 25.7 Å². The molecule has 0 amide bonds. The maximum atomic E-state index is 12.6. The molecule has 12 heteroatoms. The molecule has 11 nitrogen and oxygen atoms in total. The molecule has 320 valence electrons. The Morgan fingerprint density at radius 1 is 0.564 bits per heavy atom. The van der Waals surface area contributed by atoms with Gasteiger partial charge in [0.2, 0.25) is 0 Å². The van der Waals surface area contributed by atoms with Crippen LogP contribution in [0, 0.1) is 0 Å². The molecule has 0 heterocycles. The SMILES string of the molecule is CCCCC/C=C\C/C=C\CCCCCCCCCC(=O)OC(COC(=O)CCCCCCC/C=C\CCCCCCC)COP(=O)(O)OCC(N)C(=O)O. The van der Waals surface area contributed by atoms with Crippen molar-refractivity contribution in [2.24, 2.45) is 5.73 Å². The molecule has 0 aliphatic carbocycles. The van der Waals surface area contributed by atoms with Crippen LogP contribution >= 0.6 is 7.82 Å². The molecule has 0 aromatic rings. The van der Waals surface area contributed by atoms with Crippen LogP contribution in [0.5, 0.6) is 0 Å². The van der Waals surface area contributed by atoms with E-state index >= 15 is 0 Å². The first-order valence-corrected chi connectivity index (χ1v) is 23.0. The summed E-state index contributed by atoms with van der Waals surface area (Å²) in [5, 5.41) is 8.88. The molecule has 0 aromatic heterocycles. The summed E-state index contributed by atoms with van der Waals surface area (Å²) in [6.45, 7) is 2.75. The molecule has 0 aromatic carbocycles. The minimum Gasteiger partial charge on any atom is -0.480 e. The number of aliphatic carboxylic acids is 1. The van der Waals surface area contributed by atoms with Crippen LogP contribution in [0.15, 0.2) is 36.5 Å². The Hall–Kier alpha value is -2.30. The van der Waals surface area contributed by atoms with Crippen LogP contribution in [0.25, 0.3) is 0 Å². The molecule has 0 saturated heterocycles. The fourth-order valence-electron chi connectivity index (χ4n) is 5.68. The van der Waals surface area contributed by atoms with Crippen molar-refractivity contribution in [2.75, 3.05) is 19.8 Å². The van der Waals surface area contributed by atoms with Crippen LogP contribution in [-0.4, -0.2) is 59.9 Å². The van der Waals surface area contributed by atoms with Crippen molar-refractivity contribution in [3.05, 3.63) is 36.5 Å². The van der Waals surface area contributed by atoms with Gasteiger partial charge in [-0.05, 0) is 70.6 Å². The third kappa shape index (κ3) is 38.4. The Balaban J connectivity index is 4.39. The highest BCUT2D eigenvalue weighted by Crippen LogP contribution is 2.43. The second kappa shape index (κ2) is 38.6. The number of ether oxygens (including phenoxy) is 2. The summed E-state index contributed by atoms with van der Waals surface area (Å²) in [4.78, 5) is 45.9. The molecule has 0 aliphatic rings. The van der Waals surface area contributed by atoms with Gasteiger partial charge in [0.15, 0.2) is 6.10 Å². The topological polar surface area (TPSA) is 172 Å². The fourth-order valence-corrected chi connectivity index (χ4v) is 6.46. The number of carboxylic acids is 1. The van der Waals surface area contributed by atoms with E-state index in [0.29, 0.717) is 12.8 Å². The van der Waals surface area contributed by atoms with Crippen LogP contribution < -0.4 is 5.73 Å². The first kappa shape index (κ1) is 52.7. The molecule has 0 rings (SSSR count). The van der Waals surface area contributed by atoms with Crippen molar-refractivity contribution in [3.63, 3.8) is 0 Å². The van der Waals surface area contributed by atoms with Gasteiger partial charge in [0.05, 0.1) is 13.2 Å². The molecule has 3 atom stereocenters. The molecule has 0 radical (unpaired) electrons. The summed E-state index contributed by atoms with van der Waals surface area (Å²) < 4.78 is 32.7. The summed E-state index contributed by atoms with van der Waals surface area (Å²) in [6, 6.07) is -1.52. The van der Waals surface area contributed by atoms with E-state index < -0.39 is 51.1 Å². The van der Waals surface area contributed by atoms with Gasteiger partial charge in [0, 0.05) is 12.8 Å². The molecular formula is C43H78NO10P. The smallest absolute Gasteiger partial charge is 0.472 e. The predicted molar refractivity (Wildman–Crippen MR) is 222 cm³/mol. The van der Waals surface area contributed by atoms with E-state index in [9.17, 15) is 23.8 Å². The number of carbonyl (C=O) groups is 3. The molecule has 4 N–H and O–H groups in total. The number of allylic oxidation sites excluding steroid dienone is 6. The Morgan fingerprint density at radius 2 is 0.964 bits per heavy atom. The maximum absolute atomic E-state index is 12.6. The van der Waals surface area contributed by atoms with E-state index in [2.05, 4.69) is 54.8 Å². The third-order valence-electron chi connectivity index (χ3n) is 9.11. The normalized spacial score (nSPS) is 14.1. The van der Waals surface area contributed by atoms with Crippen LogP contribution in [0.4, 0.5) is 0 Å². The summed E-state index contributed by atoms with van der Waals surface area (Å²) in [6.07, 6.45) is 40.6. The number of carbonyl (C=O) groups excluding carboxylic acids is 2. The number of nitrogens with two attached hydrogens (primary N) is 1. The molecule has 0 aliphatic heterocycles. The van der Waals surface area contributed by atoms with Crippen molar-refractivity contribution < 1.29 is 47.5 Å². The van der Waals surface area contributed by atoms with E-state index in [1.165, 1.54) is 70.6 Å². The van der Waals surface area contributed by atoms with Crippen molar-refractivity contribution in [1.29, 1.82) is 0 Å². The Labute approximate surface area is 333 Å². The van der Waals surface area contributed by atoms with E-state index in [1.54, 1.807) is 0 Å². The lowest BCUT2D eigenvalue weighted by Gasteiger charge is -2.20. The average Bonchev–Trinajstić information content (AvgIpc) is 3.16. The highest BCUT2D eigenvalue weighted by atomic mass is 31.2. The van der Waals surface area contributed by atoms with Crippen LogP contribution in [0.2, 0.25) is 0 Å². The van der Waals surface area contributed by atoms with Gasteiger partial charge < -0.3 is 25.2 Å². The van der Waals surface area contributed by atoms with E-state index in [4.69, 9.17) is 24.8 Å². The van der Waals surface area contributed by atoms with Crippen molar-refractivity contribution in [2.45, 2.75) is 199 Å². The molecular weight excluding hydrogens is 721 g/mol. The van der Waals surface area contributed by atoms with E-state index in [1.807, 2.05) is 0 Å². The van der Waals surface area contributed by atoms with Gasteiger partial charge in [-0.25, -0.2) is 4.57 Å². The van der Waals surface area contributed by atoms with Gasteiger partial charge in [-0.2, -0.15) is 0 Å². The lowest BCUT2D eigenvalue weighted by Crippen LogP contribution is -2.34. The van der Waals surface area contributed by atoms with Crippen LogP contribution in [0.3, 0.4) is 0 Å². The highest BCUT2D eigenvalue weighted by molar-refractivity contribution is 7.47. The van der Waals surface area contributed by atoms with Crippen LogP contribution in [-0.2, 0) is 37.5 Å². The zero-order valence-electron chi connectivity index (χ0n) is 34.5. The zero-order chi connectivity index (χ0) is 40.7. The molecule has 55 heavy (non-hydrogen) atoms. The zero-order valence-corrected chi connectivity index (χ0v) is 35.4. The summed E-state index contributed by atoms with van der Waals surface area (Å²) in [5.74, 6) is -2.40. The number of phosphoric acid groups is 1. The molecule has 0 bridgehead atoms. The summed E-state index contributed by atoms with van der Waals surface area (Å²) >= 11 is 0. The minimum atomic E-state index is -4.72. The van der Waals surface area contributed by atoms with E-state index in [0.717, 1.165) is 77.0 Å². The Kier molecular flexibility index (Phi) is 37.0. The number of unbranched alkanes of at least 4 members (excludes halogenated alkanes) is 20. The van der Waals surface area contributed by atoms with Gasteiger partial charge >= 0.3 is 25.7 Å². The standard InChI is InChI=1S/C43H78NO10P/c1-3-5-7-9-11-13-15-17-19-20-21-23-25-27-29-31-33-35-42(46)54-39(37-52-55(49,50)53-38-40(44)43(47)48)36-51-41(45)34-32-30-28-26-24-22-18-16-14-12-10-8-6-4-2/h11,13,16-19,39-40H,3-10,12,14-15,20-38,44H2,1-2H3,(H,47,48)(H,49,50)/b13-11-,18-16-,19-17-. The number of carboxylic acid groups (broad SMARTS) is 1. The highest BCUT2D eigenvalue weighted by Gasteiger charge is 2.28. The fraction of sp³-hybridized carbons (Fsp3) is 0.791. The monoisotopic (exact) mass is 800 g/mol. The van der Waals surface area contributed by atoms with Gasteiger partial charge in [0.1, 0.15) is 12.6 Å². The lowest BCUT2D eigenvalue weighted by atomic mass is 10.1. The molecule has 3 unspecified atom stereocenters. The second-order valence-corrected chi connectivity index (χ2v) is 15.9. The molecule has 0 saturated carbocycles. The predicted octanol–water partition coefficient (Wildman–Crippen LogP) is 11.2. The lowest BCUT2D eigenvalue weighted by molar-refractivity contribution is -0.161. The van der Waals surface area contributed by atoms with Gasteiger partial charge in [0.25, 0.3) is 0 Å². The molecule has 0 spiro atoms. The Morgan fingerprint density at radius 3 is 1.47 bits per heavy atom. The maximum Gasteiger partial charge on any atom is 0.472 e. The van der Waals surface area contributed by atoms with Gasteiger partial charge in [-0.3, -0.25) is 23.4 Å². The number of hydrogen-bond acceptors (Lipinski definition) is 9. The first-order chi connectivity index (χ1) is 26.6. The summed E-state index contributed by atoms with van der Waals surface area (Å²) in [7, 11) is -4.72. The third-order valence-corrected chi connectivity index (χ3v) is 10.1. The minimum absolute atomic E-state index is 0.151. The summed E-state index contributed by atoms with van der Waals surface area (Å²) in [5.41, 5.74) is 5.33. The average molecular weight is 800 g/mol. The largest absolute Gasteiger partial charge is 0.480 e. The van der Waals surface area contributed by atoms with Crippen molar-refractivity contribution in [3.8, 4) is 0 Å². The van der Waals surface area contributed by atoms with Crippen molar-refractivity contribution in [1.82, 2.24) is 0 Å². The number of rotatable bonds is 40. The molecule has 0 fully saturated rings. The van der Waals surface area contributed by atoms with Gasteiger partial charge in [-0.15, -0.1) is 0 Å². The van der Waals surface area contributed by atoms with Crippen LogP contribution in [0.1, 0.15) is 187 Å². The number of hydrogen-bond donors (Lipinski definition) is 3. The van der Waals surface area contributed by atoms with Gasteiger partial charge in [-0.1, -0.05) is 140 Å². The first-order valence-electron chi connectivity index (χ1n) is 21.5. The van der Waals surface area contributed by atoms with E-state index in [-0.39, 0.29) is 19.4 Å². The Bertz CT molecular complexity index is 1080. The second-order valence-electron chi connectivity index (χ2n) is 14.5. The number of esters is 2.